The highest BCUT2D eigenvalue weighted by Gasteiger charge is 2.49. The van der Waals surface area contributed by atoms with E-state index in [1.54, 1.807) is 38.2 Å². The third-order valence-corrected chi connectivity index (χ3v) is 11.7. The van der Waals surface area contributed by atoms with E-state index >= 15 is 8.78 Å². The van der Waals surface area contributed by atoms with Crippen molar-refractivity contribution in [1.82, 2.24) is 19.6 Å². The Morgan fingerprint density at radius 2 is 1.92 bits per heavy atom. The fourth-order valence-electron chi connectivity index (χ4n) is 6.91. The fourth-order valence-corrected chi connectivity index (χ4v) is 9.50. The van der Waals surface area contributed by atoms with Crippen molar-refractivity contribution in [1.29, 1.82) is 0 Å². The molecule has 3 aliphatic rings. The van der Waals surface area contributed by atoms with Crippen LogP contribution in [0.1, 0.15) is 55.4 Å². The van der Waals surface area contributed by atoms with Crippen LogP contribution in [0.5, 0.6) is 5.75 Å². The van der Waals surface area contributed by atoms with Crippen LogP contribution >= 0.6 is 19.1 Å². The maximum absolute atomic E-state index is 16.0. The molecule has 4 aromatic rings. The lowest BCUT2D eigenvalue weighted by Gasteiger charge is -2.51. The number of methoxy groups -OCH3 is 1. The average molecular weight is 756 g/mol. The van der Waals surface area contributed by atoms with Crippen LogP contribution in [0.3, 0.4) is 0 Å². The van der Waals surface area contributed by atoms with Gasteiger partial charge in [0.25, 0.3) is 5.91 Å². The van der Waals surface area contributed by atoms with Gasteiger partial charge in [-0.1, -0.05) is 51.1 Å². The molecule has 0 saturated carbocycles. The number of carbonyl (C=O) groups is 2. The van der Waals surface area contributed by atoms with E-state index in [4.69, 9.17) is 18.5 Å². The van der Waals surface area contributed by atoms with Gasteiger partial charge in [0.05, 0.1) is 49.1 Å². The Morgan fingerprint density at radius 3 is 2.65 bits per heavy atom. The summed E-state index contributed by atoms with van der Waals surface area (Å²) < 4.78 is 69.3. The van der Waals surface area contributed by atoms with Gasteiger partial charge in [-0.05, 0) is 35.1 Å². The number of hydrogen-bond acceptors (Lipinski definition) is 11. The second kappa shape index (κ2) is 13.5. The summed E-state index contributed by atoms with van der Waals surface area (Å²) in [5.74, 6) is -4.12. The SMILES string of the molecule is CCOP(=O)(N[C@@H](C(=O)OC)C(C)(C)C)Oc1c2n(ccc1=O)N(C1c3ccccc3-c3scnc3-c3c1ccc(F)c3F)C1COCCN1C2=O. The number of aromatic nitrogens is 2. The summed E-state index contributed by atoms with van der Waals surface area (Å²) in [6.07, 6.45) is 0.564. The number of ether oxygens (including phenoxy) is 2. The number of halogens is 2. The minimum Gasteiger partial charge on any atom is -0.468 e. The van der Waals surface area contributed by atoms with Crippen LogP contribution in [0.2, 0.25) is 0 Å². The van der Waals surface area contributed by atoms with Crippen LogP contribution in [0, 0.1) is 17.0 Å². The molecular formula is C35H36F2N5O8PS. The summed E-state index contributed by atoms with van der Waals surface area (Å²) in [6, 6.07) is 8.92. The first-order valence-corrected chi connectivity index (χ1v) is 19.0. The molecule has 1 fully saturated rings. The molecular weight excluding hydrogens is 719 g/mol. The lowest BCUT2D eigenvalue weighted by molar-refractivity contribution is -0.145. The van der Waals surface area contributed by atoms with Gasteiger partial charge < -0.3 is 18.9 Å². The van der Waals surface area contributed by atoms with E-state index in [1.165, 1.54) is 40.3 Å². The fraction of sp³-hybridized carbons (Fsp3) is 0.371. The largest absolute Gasteiger partial charge is 0.468 e. The van der Waals surface area contributed by atoms with Gasteiger partial charge in [-0.25, -0.2) is 18.3 Å². The highest BCUT2D eigenvalue weighted by Crippen LogP contribution is 2.51. The Morgan fingerprint density at radius 1 is 1.15 bits per heavy atom. The van der Waals surface area contributed by atoms with Gasteiger partial charge in [0.1, 0.15) is 12.2 Å². The Kier molecular flexibility index (Phi) is 9.32. The number of fused-ring (bicyclic) bond motifs is 7. The molecule has 2 aromatic carbocycles. The smallest absolute Gasteiger partial charge is 0.459 e. The number of hydrogen-bond donors (Lipinski definition) is 1. The number of amides is 1. The van der Waals surface area contributed by atoms with E-state index in [0.717, 1.165) is 12.1 Å². The molecule has 2 aromatic heterocycles. The second-order valence-corrected chi connectivity index (χ2v) is 16.0. The van der Waals surface area contributed by atoms with Crippen LogP contribution in [0.4, 0.5) is 8.78 Å². The van der Waals surface area contributed by atoms with Crippen molar-refractivity contribution in [2.75, 3.05) is 38.5 Å². The van der Waals surface area contributed by atoms with Crippen LogP contribution < -0.4 is 20.0 Å². The molecule has 0 bridgehead atoms. The number of benzene rings is 2. The average Bonchev–Trinajstić information content (AvgIpc) is 3.56. The minimum absolute atomic E-state index is 0.0244. The molecule has 3 unspecified atom stereocenters. The predicted octanol–water partition coefficient (Wildman–Crippen LogP) is 5.47. The number of nitrogens with one attached hydrogen (secondary N) is 1. The Labute approximate surface area is 301 Å². The molecule has 52 heavy (non-hydrogen) atoms. The van der Waals surface area contributed by atoms with Crippen LogP contribution in [-0.2, 0) is 23.4 Å². The van der Waals surface area contributed by atoms with E-state index in [-0.39, 0.29) is 43.3 Å². The minimum atomic E-state index is -4.58. The van der Waals surface area contributed by atoms with E-state index < -0.39 is 66.1 Å². The number of morpholine rings is 1. The first-order chi connectivity index (χ1) is 24.8. The van der Waals surface area contributed by atoms with Crippen molar-refractivity contribution in [3.8, 4) is 27.4 Å². The van der Waals surface area contributed by atoms with Crippen molar-refractivity contribution in [2.45, 2.75) is 45.9 Å². The summed E-state index contributed by atoms with van der Waals surface area (Å²) in [4.78, 5) is 47.7. The highest BCUT2D eigenvalue weighted by molar-refractivity contribution is 7.52. The standard InChI is InChI=1S/C35H36F2N5O8PS/c1-6-49-51(46,39-32(34(45)47-5)35(2,3)4)50-30-23(43)13-14-41-29(30)33(44)40-15-16-48-17-24(40)42(41)28-19-9-7-8-10-20(19)31-27(38-18-52-31)25-21(28)11-12-22(36)26(25)37/h7-14,18,24,28,32H,6,15-17H2,1-5H3,(H,39,46)/t24?,28?,32-,51?/m0/s1. The van der Waals surface area contributed by atoms with Gasteiger partial charge in [0.15, 0.2) is 17.3 Å². The van der Waals surface area contributed by atoms with Crippen LogP contribution in [-0.4, -0.2) is 72.1 Å². The van der Waals surface area contributed by atoms with Gasteiger partial charge in [-0.2, -0.15) is 5.09 Å². The number of esters is 1. The molecule has 4 heterocycles. The van der Waals surface area contributed by atoms with Crippen molar-refractivity contribution in [2.24, 2.45) is 5.41 Å². The molecule has 274 valence electrons. The molecule has 13 nitrogen and oxygen atoms in total. The monoisotopic (exact) mass is 755 g/mol. The predicted molar refractivity (Wildman–Crippen MR) is 188 cm³/mol. The molecule has 7 rings (SSSR count). The van der Waals surface area contributed by atoms with Gasteiger partial charge in [-0.3, -0.25) is 28.6 Å². The Balaban J connectivity index is 1.46. The van der Waals surface area contributed by atoms with E-state index in [1.807, 2.05) is 24.3 Å². The highest BCUT2D eigenvalue weighted by atomic mass is 32.1. The number of pyridine rings is 1. The quantitative estimate of drug-likeness (QED) is 0.181. The van der Waals surface area contributed by atoms with E-state index in [0.29, 0.717) is 21.6 Å². The lowest BCUT2D eigenvalue weighted by atomic mass is 9.87. The van der Waals surface area contributed by atoms with Crippen molar-refractivity contribution in [3.63, 3.8) is 0 Å². The van der Waals surface area contributed by atoms with Crippen molar-refractivity contribution in [3.05, 3.63) is 92.9 Å². The molecule has 1 N–H and O–H groups in total. The molecule has 0 radical (unpaired) electrons. The van der Waals surface area contributed by atoms with E-state index in [9.17, 15) is 18.9 Å². The summed E-state index contributed by atoms with van der Waals surface area (Å²) in [7, 11) is -3.40. The first kappa shape index (κ1) is 35.9. The first-order valence-electron chi connectivity index (χ1n) is 16.5. The zero-order valence-corrected chi connectivity index (χ0v) is 30.6. The number of carbonyl (C=O) groups excluding carboxylic acids is 2. The number of rotatable bonds is 8. The Bertz CT molecular complexity index is 2190. The summed E-state index contributed by atoms with van der Waals surface area (Å²) in [5, 5.41) is 4.40. The molecule has 1 saturated heterocycles. The normalized spacial score (nSPS) is 19.6. The molecule has 0 spiro atoms. The van der Waals surface area contributed by atoms with E-state index in [2.05, 4.69) is 10.1 Å². The molecule has 1 amide bonds. The zero-order chi connectivity index (χ0) is 37.1. The zero-order valence-electron chi connectivity index (χ0n) is 28.9. The maximum atomic E-state index is 16.0. The van der Waals surface area contributed by atoms with Crippen molar-refractivity contribution < 1.29 is 41.5 Å². The molecule has 1 aliphatic carbocycles. The number of nitrogens with zero attached hydrogens (tertiary/aromatic N) is 4. The Hall–Kier alpha value is -4.47. The third-order valence-electron chi connectivity index (χ3n) is 9.25. The van der Waals surface area contributed by atoms with Gasteiger partial charge in [-0.15, -0.1) is 11.3 Å². The van der Waals surface area contributed by atoms with Gasteiger partial charge in [0.2, 0.25) is 11.2 Å². The van der Waals surface area contributed by atoms with Gasteiger partial charge >= 0.3 is 13.7 Å². The molecule has 4 atom stereocenters. The topological polar surface area (TPSA) is 142 Å². The van der Waals surface area contributed by atoms with Gasteiger partial charge in [0, 0.05) is 24.4 Å². The summed E-state index contributed by atoms with van der Waals surface area (Å²) in [5.41, 5.74) is 1.59. The van der Waals surface area contributed by atoms with Crippen LogP contribution in [0.25, 0.3) is 21.7 Å². The summed E-state index contributed by atoms with van der Waals surface area (Å²) in [6.45, 7) is 6.84. The third kappa shape index (κ3) is 5.92. The second-order valence-electron chi connectivity index (χ2n) is 13.4. The molecule has 2 aliphatic heterocycles. The lowest BCUT2D eigenvalue weighted by Crippen LogP contribution is -2.66. The van der Waals surface area contributed by atoms with Crippen molar-refractivity contribution >= 4 is 31.0 Å². The number of thiazole rings is 1. The summed E-state index contributed by atoms with van der Waals surface area (Å²) >= 11 is 1.28. The maximum Gasteiger partial charge on any atom is 0.459 e. The van der Waals surface area contributed by atoms with Crippen LogP contribution in [0.15, 0.2) is 59.0 Å². The molecule has 17 heteroatoms.